The number of Topliss-reactive ketones (excluding diaryl/α,β-unsaturated/α-hetero) is 1. The number of allylic oxidation sites excluding steroid dienone is 2. The van der Waals surface area contributed by atoms with Gasteiger partial charge in [-0.1, -0.05) is 6.07 Å². The minimum atomic E-state index is -0.451. The fraction of sp³-hybridized carbons (Fsp3) is 0.353. The lowest BCUT2D eigenvalue weighted by Gasteiger charge is -2.31. The molecule has 3 rings (SSSR count). The molecule has 1 heterocycles. The predicted octanol–water partition coefficient (Wildman–Crippen LogP) is 2.92. The molecular weight excluding hydrogens is 282 g/mol. The van der Waals surface area contributed by atoms with Crippen molar-refractivity contribution >= 4 is 17.3 Å². The molecule has 1 aromatic carbocycles. The second-order valence-corrected chi connectivity index (χ2v) is 5.34. The standard InChI is InChI=1S/C17H15NO4/c1-21-17(20)10-5-6-11-12(9-10)14(7-8-18)22-15-4-2-3-13(19)16(11)15/h5-6,9,14H,2-4,7H2,1H3. The van der Waals surface area contributed by atoms with Gasteiger partial charge in [-0.15, -0.1) is 0 Å². The third-order valence-corrected chi connectivity index (χ3v) is 4.02. The molecule has 1 aromatic rings. The number of fused-ring (bicyclic) bond motifs is 2. The average Bonchev–Trinajstić information content (AvgIpc) is 2.54. The Labute approximate surface area is 128 Å². The van der Waals surface area contributed by atoms with Crippen LogP contribution < -0.4 is 0 Å². The highest BCUT2D eigenvalue weighted by molar-refractivity contribution is 6.22. The molecule has 1 unspecified atom stereocenters. The van der Waals surface area contributed by atoms with Gasteiger partial charge < -0.3 is 9.47 Å². The molecule has 1 atom stereocenters. The lowest BCUT2D eigenvalue weighted by atomic mass is 9.83. The van der Waals surface area contributed by atoms with Crippen molar-refractivity contribution in [2.24, 2.45) is 0 Å². The van der Waals surface area contributed by atoms with Crippen molar-refractivity contribution in [3.8, 4) is 6.07 Å². The Morgan fingerprint density at radius 3 is 3.00 bits per heavy atom. The fourth-order valence-electron chi connectivity index (χ4n) is 3.00. The van der Waals surface area contributed by atoms with Crippen molar-refractivity contribution in [3.05, 3.63) is 40.6 Å². The van der Waals surface area contributed by atoms with Gasteiger partial charge >= 0.3 is 5.97 Å². The minimum absolute atomic E-state index is 0.0590. The number of carbonyl (C=O) groups is 2. The van der Waals surface area contributed by atoms with Crippen LogP contribution in [0.15, 0.2) is 24.0 Å². The molecule has 0 saturated heterocycles. The summed E-state index contributed by atoms with van der Waals surface area (Å²) in [6, 6.07) is 7.16. The van der Waals surface area contributed by atoms with Crippen molar-refractivity contribution in [3.63, 3.8) is 0 Å². The molecule has 2 aliphatic rings. The molecule has 0 amide bonds. The van der Waals surface area contributed by atoms with Crippen LogP contribution in [0.5, 0.6) is 0 Å². The van der Waals surface area contributed by atoms with Crippen molar-refractivity contribution in [1.82, 2.24) is 0 Å². The molecule has 1 aliphatic heterocycles. The van der Waals surface area contributed by atoms with E-state index < -0.39 is 12.1 Å². The highest BCUT2D eigenvalue weighted by Gasteiger charge is 2.33. The molecule has 112 valence electrons. The van der Waals surface area contributed by atoms with Gasteiger partial charge in [0.2, 0.25) is 0 Å². The Hall–Kier alpha value is -2.61. The summed E-state index contributed by atoms with van der Waals surface area (Å²) in [5.74, 6) is 0.284. The Balaban J connectivity index is 2.14. The molecule has 22 heavy (non-hydrogen) atoms. The van der Waals surface area contributed by atoms with E-state index in [1.54, 1.807) is 18.2 Å². The number of benzene rings is 1. The number of nitrogens with zero attached hydrogens (tertiary/aromatic N) is 1. The first-order chi connectivity index (χ1) is 10.7. The maximum absolute atomic E-state index is 12.2. The summed E-state index contributed by atoms with van der Waals surface area (Å²) in [6.45, 7) is 0. The third kappa shape index (κ3) is 2.27. The van der Waals surface area contributed by atoms with E-state index in [2.05, 4.69) is 6.07 Å². The van der Waals surface area contributed by atoms with E-state index in [4.69, 9.17) is 14.7 Å². The van der Waals surface area contributed by atoms with Crippen LogP contribution in [-0.4, -0.2) is 18.9 Å². The smallest absolute Gasteiger partial charge is 0.337 e. The van der Waals surface area contributed by atoms with Gasteiger partial charge in [0, 0.05) is 18.4 Å². The number of methoxy groups -OCH3 is 1. The van der Waals surface area contributed by atoms with Crippen molar-refractivity contribution in [2.75, 3.05) is 7.11 Å². The molecule has 5 nitrogen and oxygen atoms in total. The zero-order chi connectivity index (χ0) is 15.7. The van der Waals surface area contributed by atoms with E-state index >= 15 is 0 Å². The maximum atomic E-state index is 12.2. The van der Waals surface area contributed by atoms with Crippen molar-refractivity contribution in [2.45, 2.75) is 31.8 Å². The minimum Gasteiger partial charge on any atom is -0.488 e. The zero-order valence-electron chi connectivity index (χ0n) is 12.2. The Bertz CT molecular complexity index is 727. The number of hydrogen-bond donors (Lipinski definition) is 0. The monoisotopic (exact) mass is 297 g/mol. The molecular formula is C17H15NO4. The van der Waals surface area contributed by atoms with Crippen molar-refractivity contribution < 1.29 is 19.1 Å². The first kappa shape index (κ1) is 14.3. The number of nitriles is 1. The highest BCUT2D eigenvalue weighted by Crippen LogP contribution is 2.43. The van der Waals surface area contributed by atoms with E-state index in [1.807, 2.05) is 0 Å². The van der Waals surface area contributed by atoms with Gasteiger partial charge in [0.25, 0.3) is 0 Å². The van der Waals surface area contributed by atoms with Gasteiger partial charge in [-0.2, -0.15) is 5.26 Å². The van der Waals surface area contributed by atoms with Crippen LogP contribution in [0.3, 0.4) is 0 Å². The summed E-state index contributed by atoms with van der Waals surface area (Å²) < 4.78 is 10.6. The number of esters is 1. The predicted molar refractivity (Wildman–Crippen MR) is 77.6 cm³/mol. The van der Waals surface area contributed by atoms with Crippen LogP contribution in [0.1, 0.15) is 53.3 Å². The van der Waals surface area contributed by atoms with Crippen LogP contribution in [0.2, 0.25) is 0 Å². The van der Waals surface area contributed by atoms with Gasteiger partial charge in [-0.3, -0.25) is 4.79 Å². The Morgan fingerprint density at radius 1 is 1.45 bits per heavy atom. The van der Waals surface area contributed by atoms with E-state index in [9.17, 15) is 9.59 Å². The Morgan fingerprint density at radius 2 is 2.27 bits per heavy atom. The number of ether oxygens (including phenoxy) is 2. The third-order valence-electron chi connectivity index (χ3n) is 4.02. The van der Waals surface area contributed by atoms with Crippen LogP contribution >= 0.6 is 0 Å². The highest BCUT2D eigenvalue weighted by atomic mass is 16.5. The summed E-state index contributed by atoms with van der Waals surface area (Å²) >= 11 is 0. The molecule has 0 N–H and O–H groups in total. The zero-order valence-corrected chi connectivity index (χ0v) is 12.2. The Kier molecular flexibility index (Phi) is 3.68. The van der Waals surface area contributed by atoms with Gasteiger partial charge in [0.05, 0.1) is 30.7 Å². The molecule has 0 saturated carbocycles. The fourth-order valence-corrected chi connectivity index (χ4v) is 3.00. The van der Waals surface area contributed by atoms with Crippen LogP contribution in [-0.2, 0) is 14.3 Å². The van der Waals surface area contributed by atoms with E-state index in [0.29, 0.717) is 35.3 Å². The normalized spacial score (nSPS) is 19.6. The summed E-state index contributed by atoms with van der Waals surface area (Å²) in [6.07, 6.45) is 1.70. The average molecular weight is 297 g/mol. The quantitative estimate of drug-likeness (QED) is 0.784. The van der Waals surface area contributed by atoms with Crippen LogP contribution in [0.4, 0.5) is 0 Å². The first-order valence-electron chi connectivity index (χ1n) is 7.18. The molecule has 5 heteroatoms. The summed E-state index contributed by atoms with van der Waals surface area (Å²) in [5, 5.41) is 9.01. The van der Waals surface area contributed by atoms with E-state index in [-0.39, 0.29) is 12.2 Å². The number of hydrogen-bond acceptors (Lipinski definition) is 5. The number of carbonyl (C=O) groups excluding carboxylic acids is 2. The largest absolute Gasteiger partial charge is 0.488 e. The molecule has 0 bridgehead atoms. The maximum Gasteiger partial charge on any atom is 0.337 e. The second-order valence-electron chi connectivity index (χ2n) is 5.34. The van der Waals surface area contributed by atoms with E-state index in [0.717, 1.165) is 12.0 Å². The molecule has 1 aliphatic carbocycles. The van der Waals surface area contributed by atoms with Crippen LogP contribution in [0, 0.1) is 11.3 Å². The second kappa shape index (κ2) is 5.64. The lowest BCUT2D eigenvalue weighted by molar-refractivity contribution is -0.114. The molecule has 0 spiro atoms. The van der Waals surface area contributed by atoms with Gasteiger partial charge in [-0.25, -0.2) is 4.79 Å². The summed E-state index contributed by atoms with van der Waals surface area (Å²) in [5.41, 5.74) is 2.48. The summed E-state index contributed by atoms with van der Waals surface area (Å²) in [7, 11) is 1.32. The summed E-state index contributed by atoms with van der Waals surface area (Å²) in [4.78, 5) is 23.9. The van der Waals surface area contributed by atoms with Crippen molar-refractivity contribution in [1.29, 1.82) is 5.26 Å². The first-order valence-corrected chi connectivity index (χ1v) is 7.18. The number of rotatable bonds is 2. The van der Waals surface area contributed by atoms with Gasteiger partial charge in [-0.05, 0) is 24.1 Å². The SMILES string of the molecule is COC(=O)c1ccc2c(c1)C(CC#N)OC1=C2C(=O)CCC1. The molecule has 0 aromatic heterocycles. The molecule has 0 radical (unpaired) electrons. The number of ketones is 1. The molecule has 0 fully saturated rings. The van der Waals surface area contributed by atoms with Crippen LogP contribution in [0.25, 0.3) is 5.57 Å². The lowest BCUT2D eigenvalue weighted by Crippen LogP contribution is -2.21. The topological polar surface area (TPSA) is 76.4 Å². The van der Waals surface area contributed by atoms with Gasteiger partial charge in [0.1, 0.15) is 11.9 Å². The van der Waals surface area contributed by atoms with E-state index in [1.165, 1.54) is 7.11 Å². The van der Waals surface area contributed by atoms with Gasteiger partial charge in [0.15, 0.2) is 5.78 Å².